The van der Waals surface area contributed by atoms with Gasteiger partial charge in [0.15, 0.2) is 0 Å². The van der Waals surface area contributed by atoms with Crippen LogP contribution in [0.2, 0.25) is 5.02 Å². The summed E-state index contributed by atoms with van der Waals surface area (Å²) < 4.78 is 0. The van der Waals surface area contributed by atoms with E-state index in [1.54, 1.807) is 6.07 Å². The Bertz CT molecular complexity index is 1150. The fourth-order valence-electron chi connectivity index (χ4n) is 2.78. The second-order valence-corrected chi connectivity index (χ2v) is 6.52. The Morgan fingerprint density at radius 2 is 2.10 bits per heavy atom. The average molecular weight is 410 g/mol. The van der Waals surface area contributed by atoms with Crippen molar-refractivity contribution in [2.45, 2.75) is 6.42 Å². The van der Waals surface area contributed by atoms with Crippen molar-refractivity contribution in [1.82, 2.24) is 10.3 Å². The molecule has 29 heavy (non-hydrogen) atoms. The van der Waals surface area contributed by atoms with E-state index in [9.17, 15) is 20.2 Å². The third-order valence-electron chi connectivity index (χ3n) is 4.23. The number of hydrogen-bond acceptors (Lipinski definition) is 5. The van der Waals surface area contributed by atoms with E-state index in [1.165, 1.54) is 18.3 Å². The largest absolute Gasteiger partial charge is 0.389 e. The molecular formula is C20H16ClN5O3. The molecule has 3 N–H and O–H groups in total. The predicted molar refractivity (Wildman–Crippen MR) is 110 cm³/mol. The van der Waals surface area contributed by atoms with Gasteiger partial charge in [-0.05, 0) is 24.1 Å². The van der Waals surface area contributed by atoms with Gasteiger partial charge >= 0.3 is 0 Å². The molecule has 0 radical (unpaired) electrons. The maximum Gasteiger partial charge on any atom is 0.271 e. The molecule has 0 fully saturated rings. The fourth-order valence-corrected chi connectivity index (χ4v) is 2.95. The minimum atomic E-state index is -0.713. The van der Waals surface area contributed by atoms with E-state index in [2.05, 4.69) is 15.6 Å². The second kappa shape index (κ2) is 8.91. The number of para-hydroxylation sites is 1. The van der Waals surface area contributed by atoms with Crippen molar-refractivity contribution < 1.29 is 9.72 Å². The lowest BCUT2D eigenvalue weighted by Gasteiger charge is -2.07. The van der Waals surface area contributed by atoms with Crippen LogP contribution in [0.15, 0.2) is 60.4 Å². The zero-order chi connectivity index (χ0) is 20.8. The Kier molecular flexibility index (Phi) is 6.12. The molecule has 8 nitrogen and oxygen atoms in total. The molecule has 1 amide bonds. The number of nitro benzene ring substituents is 1. The number of rotatable bonds is 7. The van der Waals surface area contributed by atoms with Crippen LogP contribution in [-0.4, -0.2) is 22.4 Å². The van der Waals surface area contributed by atoms with Crippen molar-refractivity contribution in [2.75, 3.05) is 11.9 Å². The van der Waals surface area contributed by atoms with E-state index in [0.29, 0.717) is 13.0 Å². The van der Waals surface area contributed by atoms with E-state index in [1.807, 2.05) is 30.5 Å². The normalized spacial score (nSPS) is 11.1. The molecule has 2 aromatic carbocycles. The van der Waals surface area contributed by atoms with Crippen LogP contribution in [0.25, 0.3) is 10.9 Å². The number of aromatic nitrogens is 1. The molecule has 0 saturated carbocycles. The van der Waals surface area contributed by atoms with Gasteiger partial charge < -0.3 is 15.6 Å². The SMILES string of the molecule is N#C/C(=C/NCCc1c[nH]c2ccccc12)C(=O)Nc1cc([N+](=O)[O-])ccc1Cl. The van der Waals surface area contributed by atoms with Crippen LogP contribution in [0.3, 0.4) is 0 Å². The summed E-state index contributed by atoms with van der Waals surface area (Å²) in [6, 6.07) is 13.4. The van der Waals surface area contributed by atoms with Crippen molar-refractivity contribution in [1.29, 1.82) is 5.26 Å². The Balaban J connectivity index is 1.62. The van der Waals surface area contributed by atoms with Crippen molar-refractivity contribution >= 4 is 39.8 Å². The molecule has 1 heterocycles. The number of amides is 1. The number of benzene rings is 2. The highest BCUT2D eigenvalue weighted by atomic mass is 35.5. The van der Waals surface area contributed by atoms with Gasteiger partial charge in [0.25, 0.3) is 11.6 Å². The van der Waals surface area contributed by atoms with Gasteiger partial charge in [-0.3, -0.25) is 14.9 Å². The number of aromatic amines is 1. The lowest BCUT2D eigenvalue weighted by Crippen LogP contribution is -2.18. The second-order valence-electron chi connectivity index (χ2n) is 6.11. The van der Waals surface area contributed by atoms with E-state index >= 15 is 0 Å². The number of nitrogens with one attached hydrogen (secondary N) is 3. The minimum absolute atomic E-state index is 0.0609. The molecular weight excluding hydrogens is 394 g/mol. The quantitative estimate of drug-likeness (QED) is 0.179. The highest BCUT2D eigenvalue weighted by Crippen LogP contribution is 2.27. The summed E-state index contributed by atoms with van der Waals surface area (Å²) >= 11 is 5.97. The fraction of sp³-hybridized carbons (Fsp3) is 0.100. The molecule has 0 atom stereocenters. The van der Waals surface area contributed by atoms with Crippen LogP contribution in [0.4, 0.5) is 11.4 Å². The van der Waals surface area contributed by atoms with Crippen LogP contribution >= 0.6 is 11.6 Å². The minimum Gasteiger partial charge on any atom is -0.389 e. The van der Waals surface area contributed by atoms with Crippen LogP contribution in [0, 0.1) is 21.4 Å². The Morgan fingerprint density at radius 3 is 2.86 bits per heavy atom. The summed E-state index contributed by atoms with van der Waals surface area (Å²) in [4.78, 5) is 25.8. The summed E-state index contributed by atoms with van der Waals surface area (Å²) in [5.41, 5.74) is 1.83. The predicted octanol–water partition coefficient (Wildman–Crippen LogP) is 3.91. The molecule has 3 aromatic rings. The van der Waals surface area contributed by atoms with E-state index in [4.69, 9.17) is 11.6 Å². The topological polar surface area (TPSA) is 124 Å². The molecule has 0 saturated heterocycles. The number of anilines is 1. The number of carbonyl (C=O) groups excluding carboxylic acids is 1. The van der Waals surface area contributed by atoms with Crippen LogP contribution in [0.1, 0.15) is 5.56 Å². The molecule has 3 rings (SSSR count). The van der Waals surface area contributed by atoms with Gasteiger partial charge in [0.1, 0.15) is 11.6 Å². The number of fused-ring (bicyclic) bond motifs is 1. The highest BCUT2D eigenvalue weighted by Gasteiger charge is 2.15. The molecule has 9 heteroatoms. The van der Waals surface area contributed by atoms with Crippen LogP contribution in [-0.2, 0) is 11.2 Å². The maximum atomic E-state index is 12.3. The van der Waals surface area contributed by atoms with Gasteiger partial charge in [-0.2, -0.15) is 5.26 Å². The number of non-ortho nitro benzene ring substituents is 1. The number of nitro groups is 1. The molecule has 0 unspecified atom stereocenters. The smallest absolute Gasteiger partial charge is 0.271 e. The number of hydrogen-bond donors (Lipinski definition) is 3. The van der Waals surface area contributed by atoms with E-state index < -0.39 is 10.8 Å². The van der Waals surface area contributed by atoms with Crippen molar-refractivity contribution in [3.63, 3.8) is 0 Å². The lowest BCUT2D eigenvalue weighted by molar-refractivity contribution is -0.384. The van der Waals surface area contributed by atoms with E-state index in [-0.39, 0.29) is 22.0 Å². The van der Waals surface area contributed by atoms with Crippen LogP contribution in [0.5, 0.6) is 0 Å². The lowest BCUT2D eigenvalue weighted by atomic mass is 10.1. The molecule has 0 aliphatic rings. The monoisotopic (exact) mass is 409 g/mol. The Labute approximate surface area is 170 Å². The molecule has 0 aliphatic carbocycles. The molecule has 1 aromatic heterocycles. The van der Waals surface area contributed by atoms with Crippen molar-refractivity contribution in [3.05, 3.63) is 81.1 Å². The Hall–Kier alpha value is -3.83. The number of halogens is 1. The zero-order valence-corrected chi connectivity index (χ0v) is 15.9. The Morgan fingerprint density at radius 1 is 1.31 bits per heavy atom. The van der Waals surface area contributed by atoms with Gasteiger partial charge in [-0.25, -0.2) is 0 Å². The van der Waals surface area contributed by atoms with Crippen molar-refractivity contribution in [3.8, 4) is 6.07 Å². The summed E-state index contributed by atoms with van der Waals surface area (Å²) in [5, 5.41) is 26.7. The first-order chi connectivity index (χ1) is 14.0. The number of H-pyrrole nitrogens is 1. The highest BCUT2D eigenvalue weighted by molar-refractivity contribution is 6.34. The van der Waals surface area contributed by atoms with Gasteiger partial charge in [0, 0.05) is 42.0 Å². The van der Waals surface area contributed by atoms with Crippen molar-refractivity contribution in [2.24, 2.45) is 0 Å². The number of nitriles is 1. The molecule has 146 valence electrons. The first kappa shape index (κ1) is 19.9. The number of carbonyl (C=O) groups is 1. The average Bonchev–Trinajstić information content (AvgIpc) is 3.12. The third-order valence-corrected chi connectivity index (χ3v) is 4.56. The standard InChI is InChI=1S/C20H16ClN5O3/c21-17-6-5-15(26(28)29)9-19(17)25-20(27)14(10-22)11-23-8-7-13-12-24-18-4-2-1-3-16(13)18/h1-6,9,11-12,23-24H,7-8H2,(H,25,27)/b14-11-. The summed E-state index contributed by atoms with van der Waals surface area (Å²) in [6.07, 6.45) is 3.94. The first-order valence-corrected chi connectivity index (χ1v) is 9.01. The summed E-state index contributed by atoms with van der Waals surface area (Å²) in [7, 11) is 0. The van der Waals surface area contributed by atoms with Gasteiger partial charge in [0.05, 0.1) is 15.6 Å². The molecule has 0 aliphatic heterocycles. The summed E-state index contributed by atoms with van der Waals surface area (Å²) in [6.45, 7) is 0.512. The molecule has 0 spiro atoms. The maximum absolute atomic E-state index is 12.3. The van der Waals surface area contributed by atoms with Gasteiger partial charge in [0.2, 0.25) is 0 Å². The summed E-state index contributed by atoms with van der Waals surface area (Å²) in [5.74, 6) is -0.713. The van der Waals surface area contributed by atoms with Crippen LogP contribution < -0.4 is 10.6 Å². The number of nitrogens with zero attached hydrogens (tertiary/aromatic N) is 2. The van der Waals surface area contributed by atoms with Gasteiger partial charge in [-0.15, -0.1) is 0 Å². The third kappa shape index (κ3) is 4.72. The first-order valence-electron chi connectivity index (χ1n) is 8.63. The molecule has 0 bridgehead atoms. The van der Waals surface area contributed by atoms with E-state index in [0.717, 1.165) is 22.5 Å². The zero-order valence-electron chi connectivity index (χ0n) is 15.1. The van der Waals surface area contributed by atoms with Gasteiger partial charge in [-0.1, -0.05) is 29.8 Å².